The van der Waals surface area contributed by atoms with E-state index in [1.54, 1.807) is 12.1 Å². The van der Waals surface area contributed by atoms with E-state index in [-0.39, 0.29) is 17.3 Å². The smallest absolute Gasteiger partial charge is 0.240 e. The molecule has 1 atom stereocenters. The van der Waals surface area contributed by atoms with E-state index in [0.29, 0.717) is 12.2 Å². The maximum atomic E-state index is 12.6. The maximum absolute atomic E-state index is 12.6. The van der Waals surface area contributed by atoms with E-state index >= 15 is 0 Å². The quantitative estimate of drug-likeness (QED) is 0.405. The molecule has 0 heterocycles. The minimum absolute atomic E-state index is 0.119. The molecule has 0 aliphatic heterocycles. The van der Waals surface area contributed by atoms with E-state index in [0.717, 1.165) is 11.1 Å². The van der Waals surface area contributed by atoms with E-state index in [1.165, 1.54) is 19.1 Å². The van der Waals surface area contributed by atoms with Crippen molar-refractivity contribution in [3.63, 3.8) is 0 Å². The van der Waals surface area contributed by atoms with Crippen LogP contribution in [0.3, 0.4) is 0 Å². The predicted molar refractivity (Wildman–Crippen MR) is 106 cm³/mol. The van der Waals surface area contributed by atoms with Crippen LogP contribution in [0.15, 0.2) is 53.4 Å². The molecule has 1 unspecified atom stereocenters. The van der Waals surface area contributed by atoms with Crippen molar-refractivity contribution < 1.29 is 13.2 Å². The number of benzene rings is 2. The first-order valence-electron chi connectivity index (χ1n) is 8.39. The van der Waals surface area contributed by atoms with Gasteiger partial charge in [-0.1, -0.05) is 31.2 Å². The van der Waals surface area contributed by atoms with Gasteiger partial charge in [0.1, 0.15) is 0 Å². The van der Waals surface area contributed by atoms with Gasteiger partial charge in [-0.05, 0) is 42.3 Å². The van der Waals surface area contributed by atoms with Gasteiger partial charge in [-0.2, -0.15) is 0 Å². The molecule has 145 valence electrons. The summed E-state index contributed by atoms with van der Waals surface area (Å²) in [5, 5.41) is 2.60. The van der Waals surface area contributed by atoms with Gasteiger partial charge in [0.25, 0.3) is 0 Å². The van der Waals surface area contributed by atoms with Crippen molar-refractivity contribution in [3.05, 3.63) is 66.6 Å². The average Bonchev–Trinajstić information content (AvgIpc) is 2.61. The SMILES string of the molecule is [CH2]C(C)(CNS(=O)(=O)c1ccc(NC(C)=O)cc1)c1cccc(CNN)c1. The number of carbonyl (C=O) groups is 1. The second-order valence-electron chi connectivity index (χ2n) is 6.67. The van der Waals surface area contributed by atoms with Crippen molar-refractivity contribution in [2.75, 3.05) is 11.9 Å². The molecule has 2 rings (SSSR count). The number of nitrogens with one attached hydrogen (secondary N) is 3. The predicted octanol–water partition coefficient (Wildman–Crippen LogP) is 1.68. The van der Waals surface area contributed by atoms with Gasteiger partial charge in [0.15, 0.2) is 0 Å². The number of nitrogens with two attached hydrogens (primary N) is 1. The molecule has 1 radical (unpaired) electrons. The molecule has 27 heavy (non-hydrogen) atoms. The van der Waals surface area contributed by atoms with E-state index < -0.39 is 15.4 Å². The fourth-order valence-electron chi connectivity index (χ4n) is 2.53. The minimum Gasteiger partial charge on any atom is -0.326 e. The Morgan fingerprint density at radius 2 is 1.85 bits per heavy atom. The van der Waals surface area contributed by atoms with E-state index in [9.17, 15) is 13.2 Å². The van der Waals surface area contributed by atoms with E-state index in [1.807, 2.05) is 31.2 Å². The number of anilines is 1. The van der Waals surface area contributed by atoms with Crippen molar-refractivity contribution in [1.29, 1.82) is 0 Å². The lowest BCUT2D eigenvalue weighted by atomic mass is 9.84. The molecule has 7 nitrogen and oxygen atoms in total. The Hall–Kier alpha value is -2.26. The zero-order valence-corrected chi connectivity index (χ0v) is 16.3. The standard InChI is InChI=1S/C19H25N4O3S/c1-14(24)23-17-7-9-18(10-8-17)27(25,26)22-13-19(2,3)16-6-4-5-15(11-16)12-21-20/h4-11,21-22H,2,12-13,20H2,1,3H3,(H,23,24). The number of hydrogen-bond donors (Lipinski definition) is 4. The van der Waals surface area contributed by atoms with E-state index in [2.05, 4.69) is 22.4 Å². The number of hydrogen-bond acceptors (Lipinski definition) is 5. The molecule has 0 saturated carbocycles. The van der Waals surface area contributed by atoms with Gasteiger partial charge in [-0.25, -0.2) is 13.1 Å². The Morgan fingerprint density at radius 3 is 2.44 bits per heavy atom. The number of carbonyl (C=O) groups excluding carboxylic acids is 1. The molecule has 0 aliphatic rings. The van der Waals surface area contributed by atoms with Crippen LogP contribution in [0.2, 0.25) is 0 Å². The van der Waals surface area contributed by atoms with Gasteiger partial charge >= 0.3 is 0 Å². The largest absolute Gasteiger partial charge is 0.326 e. The summed E-state index contributed by atoms with van der Waals surface area (Å²) in [4.78, 5) is 11.2. The van der Waals surface area contributed by atoms with Gasteiger partial charge < -0.3 is 5.32 Å². The van der Waals surface area contributed by atoms with Gasteiger partial charge in [0, 0.05) is 31.1 Å². The van der Waals surface area contributed by atoms with Crippen molar-refractivity contribution >= 4 is 21.6 Å². The fourth-order valence-corrected chi connectivity index (χ4v) is 3.70. The Morgan fingerprint density at radius 1 is 1.19 bits per heavy atom. The summed E-state index contributed by atoms with van der Waals surface area (Å²) in [5.41, 5.74) is 4.36. The lowest BCUT2D eigenvalue weighted by molar-refractivity contribution is -0.114. The third-order valence-corrected chi connectivity index (χ3v) is 5.48. The van der Waals surface area contributed by atoms with Crippen LogP contribution in [0, 0.1) is 6.92 Å². The normalized spacial score (nSPS) is 12.0. The molecule has 2 aromatic rings. The Labute approximate surface area is 160 Å². The van der Waals surface area contributed by atoms with Gasteiger partial charge in [-0.3, -0.25) is 16.1 Å². The number of rotatable bonds is 8. The van der Waals surface area contributed by atoms with Gasteiger partial charge in [0.05, 0.1) is 4.90 Å². The third-order valence-electron chi connectivity index (χ3n) is 4.07. The van der Waals surface area contributed by atoms with Crippen LogP contribution >= 0.6 is 0 Å². The second kappa shape index (κ2) is 8.62. The first kappa shape index (κ1) is 21.0. The summed E-state index contributed by atoms with van der Waals surface area (Å²) in [7, 11) is -3.70. The van der Waals surface area contributed by atoms with Crippen LogP contribution in [0.25, 0.3) is 0 Å². The Kier molecular flexibility index (Phi) is 6.72. The third kappa shape index (κ3) is 5.86. The highest BCUT2D eigenvalue weighted by atomic mass is 32.2. The van der Waals surface area contributed by atoms with E-state index in [4.69, 9.17) is 5.84 Å². The Bertz CT molecular complexity index is 893. The van der Waals surface area contributed by atoms with Crippen molar-refractivity contribution in [1.82, 2.24) is 10.1 Å². The summed E-state index contributed by atoms with van der Waals surface area (Å²) in [6, 6.07) is 13.7. The summed E-state index contributed by atoms with van der Waals surface area (Å²) in [5.74, 6) is 5.14. The molecule has 0 bridgehead atoms. The zero-order chi connectivity index (χ0) is 20.1. The average molecular weight is 390 g/mol. The molecule has 5 N–H and O–H groups in total. The molecule has 1 amide bonds. The summed E-state index contributed by atoms with van der Waals surface area (Å²) in [6.07, 6.45) is 0. The second-order valence-corrected chi connectivity index (χ2v) is 8.44. The van der Waals surface area contributed by atoms with Crippen molar-refractivity contribution in [2.45, 2.75) is 30.7 Å². The van der Waals surface area contributed by atoms with Crippen LogP contribution in [-0.4, -0.2) is 20.9 Å². The van der Waals surface area contributed by atoms with Gasteiger partial charge in [0.2, 0.25) is 15.9 Å². The number of amides is 1. The van der Waals surface area contributed by atoms with Crippen molar-refractivity contribution in [2.24, 2.45) is 5.84 Å². The highest BCUT2D eigenvalue weighted by Gasteiger charge is 2.24. The van der Waals surface area contributed by atoms with Crippen molar-refractivity contribution in [3.8, 4) is 0 Å². The summed E-state index contributed by atoms with van der Waals surface area (Å²) in [6.45, 7) is 8.05. The molecular formula is C19H25N4O3S. The Balaban J connectivity index is 2.11. The summed E-state index contributed by atoms with van der Waals surface area (Å²) < 4.78 is 27.7. The molecule has 0 aliphatic carbocycles. The van der Waals surface area contributed by atoms with Crippen LogP contribution in [0.4, 0.5) is 5.69 Å². The lowest BCUT2D eigenvalue weighted by Crippen LogP contribution is -2.37. The van der Waals surface area contributed by atoms with Gasteiger partial charge in [-0.15, -0.1) is 0 Å². The summed E-state index contributed by atoms with van der Waals surface area (Å²) >= 11 is 0. The zero-order valence-electron chi connectivity index (χ0n) is 15.5. The molecule has 8 heteroatoms. The van der Waals surface area contributed by atoms with Crippen LogP contribution in [0.1, 0.15) is 25.0 Å². The molecule has 0 aromatic heterocycles. The number of hydrazine groups is 1. The molecule has 0 fully saturated rings. The number of sulfonamides is 1. The minimum atomic E-state index is -3.70. The van der Waals surface area contributed by atoms with Crippen LogP contribution < -0.4 is 21.3 Å². The lowest BCUT2D eigenvalue weighted by Gasteiger charge is -2.26. The molecule has 0 saturated heterocycles. The highest BCUT2D eigenvalue weighted by molar-refractivity contribution is 7.89. The first-order chi connectivity index (χ1) is 12.6. The monoisotopic (exact) mass is 389 g/mol. The van der Waals surface area contributed by atoms with Crippen LogP contribution in [0.5, 0.6) is 0 Å². The molecular weight excluding hydrogens is 364 g/mol. The highest BCUT2D eigenvalue weighted by Crippen LogP contribution is 2.24. The first-order valence-corrected chi connectivity index (χ1v) is 9.88. The fraction of sp³-hybridized carbons (Fsp3) is 0.263. The topological polar surface area (TPSA) is 113 Å². The molecule has 0 spiro atoms. The van der Waals surface area contributed by atoms with Crippen LogP contribution in [-0.2, 0) is 26.8 Å². The molecule has 2 aromatic carbocycles. The maximum Gasteiger partial charge on any atom is 0.240 e.